The second-order valence-corrected chi connectivity index (χ2v) is 9.09. The number of rotatable bonds is 5. The molecule has 170 valence electrons. The Labute approximate surface area is 200 Å². The molecular weight excluding hydrogens is 474 g/mol. The summed E-state index contributed by atoms with van der Waals surface area (Å²) in [5.41, 5.74) is 1.67. The molecule has 0 saturated heterocycles. The van der Waals surface area contributed by atoms with Gasteiger partial charge in [0.25, 0.3) is 11.1 Å². The van der Waals surface area contributed by atoms with E-state index in [9.17, 15) is 14.4 Å². The zero-order valence-electron chi connectivity index (χ0n) is 17.8. The van der Waals surface area contributed by atoms with Gasteiger partial charge in [-0.2, -0.15) is 0 Å². The number of nitrogens with one attached hydrogen (secondary N) is 1. The molecule has 9 nitrogen and oxygen atoms in total. The summed E-state index contributed by atoms with van der Waals surface area (Å²) < 4.78 is 5.74. The van der Waals surface area contributed by atoms with Gasteiger partial charge in [0.1, 0.15) is 10.7 Å². The zero-order chi connectivity index (χ0) is 23.8. The first-order valence-electron chi connectivity index (χ1n) is 10.0. The van der Waals surface area contributed by atoms with E-state index in [1.54, 1.807) is 0 Å². The number of benzene rings is 2. The van der Waals surface area contributed by atoms with Crippen molar-refractivity contribution in [2.45, 2.75) is 10.9 Å². The topological polar surface area (TPSA) is 133 Å². The van der Waals surface area contributed by atoms with Crippen molar-refractivity contribution in [2.75, 3.05) is 13.0 Å². The summed E-state index contributed by atoms with van der Waals surface area (Å²) in [6, 6.07) is 14.1. The Hall–Kier alpha value is -3.96. The number of aromatic nitrogens is 4. The van der Waals surface area contributed by atoms with Crippen LogP contribution in [0.2, 0.25) is 0 Å². The normalized spacial score (nSPS) is 11.2. The number of nitrogens with zero attached hydrogens (tertiary/aromatic N) is 3. The van der Waals surface area contributed by atoms with Crippen LogP contribution in [0.1, 0.15) is 16.2 Å². The lowest BCUT2D eigenvalue weighted by atomic mass is 10.1. The maximum atomic E-state index is 13.0. The average molecular weight is 492 g/mol. The van der Waals surface area contributed by atoms with Gasteiger partial charge in [0.2, 0.25) is 0 Å². The lowest BCUT2D eigenvalue weighted by molar-refractivity contribution is 0.0601. The SMILES string of the molecule is COC(=O)c1ccc2c(=O)[nH]c(CSc3nc4scc(-c5ccccc5)c4c(=O)n3N)nc2c1. The first kappa shape index (κ1) is 21.9. The molecule has 0 amide bonds. The zero-order valence-corrected chi connectivity index (χ0v) is 19.4. The van der Waals surface area contributed by atoms with Crippen molar-refractivity contribution < 1.29 is 9.53 Å². The Morgan fingerprint density at radius 3 is 2.74 bits per heavy atom. The van der Waals surface area contributed by atoms with Crippen LogP contribution in [0.3, 0.4) is 0 Å². The quantitative estimate of drug-likeness (QED) is 0.166. The molecular formula is C23H17N5O4S2. The Kier molecular flexibility index (Phi) is 5.64. The third-order valence-electron chi connectivity index (χ3n) is 5.21. The highest BCUT2D eigenvalue weighted by Gasteiger charge is 2.17. The number of thioether (sulfide) groups is 1. The van der Waals surface area contributed by atoms with Gasteiger partial charge in [-0.15, -0.1) is 11.3 Å². The fourth-order valence-corrected chi connectivity index (χ4v) is 5.33. The first-order chi connectivity index (χ1) is 16.5. The van der Waals surface area contributed by atoms with Crippen LogP contribution in [-0.4, -0.2) is 32.7 Å². The third kappa shape index (κ3) is 3.84. The van der Waals surface area contributed by atoms with Crippen molar-refractivity contribution in [3.63, 3.8) is 0 Å². The predicted octanol–water partition coefficient (Wildman–Crippen LogP) is 3.15. The average Bonchev–Trinajstić information content (AvgIpc) is 3.29. The smallest absolute Gasteiger partial charge is 0.337 e. The molecule has 2 aromatic carbocycles. The number of hydrogen-bond donors (Lipinski definition) is 2. The van der Waals surface area contributed by atoms with Gasteiger partial charge in [0, 0.05) is 10.9 Å². The van der Waals surface area contributed by atoms with E-state index < -0.39 is 5.97 Å². The van der Waals surface area contributed by atoms with Crippen LogP contribution < -0.4 is 17.0 Å². The molecule has 0 fully saturated rings. The van der Waals surface area contributed by atoms with Crippen molar-refractivity contribution in [3.05, 3.63) is 86.0 Å². The van der Waals surface area contributed by atoms with Crippen LogP contribution in [0, 0.1) is 0 Å². The highest BCUT2D eigenvalue weighted by atomic mass is 32.2. The van der Waals surface area contributed by atoms with E-state index in [0.29, 0.717) is 37.7 Å². The van der Waals surface area contributed by atoms with Gasteiger partial charge in [-0.05, 0) is 23.8 Å². The molecule has 0 aliphatic carbocycles. The minimum absolute atomic E-state index is 0.208. The molecule has 3 heterocycles. The van der Waals surface area contributed by atoms with E-state index in [0.717, 1.165) is 15.8 Å². The van der Waals surface area contributed by atoms with Crippen LogP contribution in [0.25, 0.3) is 32.2 Å². The Morgan fingerprint density at radius 2 is 1.97 bits per heavy atom. The van der Waals surface area contributed by atoms with Gasteiger partial charge < -0.3 is 15.6 Å². The number of nitrogens with two attached hydrogens (primary N) is 1. The molecule has 0 radical (unpaired) electrons. The third-order valence-corrected chi connectivity index (χ3v) is 7.04. The molecule has 0 atom stereocenters. The van der Waals surface area contributed by atoms with E-state index in [-0.39, 0.29) is 16.9 Å². The maximum absolute atomic E-state index is 13.0. The lowest BCUT2D eigenvalue weighted by Gasteiger charge is -2.08. The van der Waals surface area contributed by atoms with E-state index in [2.05, 4.69) is 15.0 Å². The van der Waals surface area contributed by atoms with Crippen LogP contribution in [0.4, 0.5) is 0 Å². The number of aromatic amines is 1. The number of fused-ring (bicyclic) bond motifs is 2. The van der Waals surface area contributed by atoms with E-state index in [4.69, 9.17) is 10.6 Å². The highest BCUT2D eigenvalue weighted by Crippen LogP contribution is 2.32. The molecule has 3 N–H and O–H groups in total. The van der Waals surface area contributed by atoms with Crippen LogP contribution in [0.5, 0.6) is 0 Å². The number of hydrogen-bond acceptors (Lipinski definition) is 9. The van der Waals surface area contributed by atoms with Crippen LogP contribution in [0.15, 0.2) is 68.7 Å². The predicted molar refractivity (Wildman–Crippen MR) is 133 cm³/mol. The van der Waals surface area contributed by atoms with Gasteiger partial charge in [-0.3, -0.25) is 9.59 Å². The second kappa shape index (κ2) is 8.76. The lowest BCUT2D eigenvalue weighted by Crippen LogP contribution is -2.29. The van der Waals surface area contributed by atoms with Gasteiger partial charge >= 0.3 is 5.97 Å². The van der Waals surface area contributed by atoms with E-state index in [1.165, 1.54) is 48.4 Å². The van der Waals surface area contributed by atoms with Gasteiger partial charge in [0.15, 0.2) is 5.16 Å². The maximum Gasteiger partial charge on any atom is 0.337 e. The monoisotopic (exact) mass is 491 g/mol. The highest BCUT2D eigenvalue weighted by molar-refractivity contribution is 7.98. The van der Waals surface area contributed by atoms with Crippen LogP contribution in [-0.2, 0) is 10.5 Å². The summed E-state index contributed by atoms with van der Waals surface area (Å²) in [6.07, 6.45) is 0. The summed E-state index contributed by atoms with van der Waals surface area (Å²) in [7, 11) is 1.28. The summed E-state index contributed by atoms with van der Waals surface area (Å²) in [5.74, 6) is 6.14. The number of carbonyl (C=O) groups excluding carboxylic acids is 1. The number of thiophene rings is 1. The second-order valence-electron chi connectivity index (χ2n) is 7.29. The minimum atomic E-state index is -0.518. The number of methoxy groups -OCH3 is 1. The van der Waals surface area contributed by atoms with Crippen molar-refractivity contribution in [2.24, 2.45) is 0 Å². The molecule has 0 aliphatic heterocycles. The number of ether oxygens (including phenoxy) is 1. The molecule has 0 unspecified atom stereocenters. The molecule has 5 aromatic rings. The number of carbonyl (C=O) groups is 1. The van der Waals surface area contributed by atoms with Crippen molar-refractivity contribution >= 4 is 50.2 Å². The van der Waals surface area contributed by atoms with Crippen molar-refractivity contribution in [1.29, 1.82) is 0 Å². The van der Waals surface area contributed by atoms with Gasteiger partial charge in [0.05, 0.1) is 34.7 Å². The number of esters is 1. The molecule has 0 aliphatic rings. The van der Waals surface area contributed by atoms with Gasteiger partial charge in [-0.1, -0.05) is 42.1 Å². The molecule has 0 spiro atoms. The summed E-state index contributed by atoms with van der Waals surface area (Å²) >= 11 is 2.54. The molecule has 0 saturated carbocycles. The number of H-pyrrole nitrogens is 1. The summed E-state index contributed by atoms with van der Waals surface area (Å²) in [5, 5.41) is 3.01. The van der Waals surface area contributed by atoms with Crippen molar-refractivity contribution in [1.82, 2.24) is 19.6 Å². The molecule has 34 heavy (non-hydrogen) atoms. The Morgan fingerprint density at radius 1 is 1.18 bits per heavy atom. The molecule has 11 heteroatoms. The van der Waals surface area contributed by atoms with Crippen LogP contribution >= 0.6 is 23.1 Å². The summed E-state index contributed by atoms with van der Waals surface area (Å²) in [4.78, 5) is 49.7. The fourth-order valence-electron chi connectivity index (χ4n) is 3.55. The number of nitrogen functional groups attached to an aromatic ring is 1. The Balaban J connectivity index is 1.48. The largest absolute Gasteiger partial charge is 0.465 e. The summed E-state index contributed by atoms with van der Waals surface area (Å²) in [6.45, 7) is 0. The standard InChI is InChI=1S/C23H17N5O4S2/c1-32-22(31)13-7-8-14-16(9-13)25-17(26-19(14)29)11-34-23-27-20-18(21(30)28(23)24)15(10-33-20)12-5-3-2-4-6-12/h2-10H,11,24H2,1H3,(H,25,26,29). The molecule has 0 bridgehead atoms. The Bertz CT molecular complexity index is 1670. The van der Waals surface area contributed by atoms with E-state index in [1.807, 2.05) is 35.7 Å². The van der Waals surface area contributed by atoms with E-state index >= 15 is 0 Å². The first-order valence-corrected chi connectivity index (χ1v) is 11.9. The van der Waals surface area contributed by atoms with Crippen molar-refractivity contribution in [3.8, 4) is 11.1 Å². The molecule has 3 aromatic heterocycles. The minimum Gasteiger partial charge on any atom is -0.465 e. The van der Waals surface area contributed by atoms with Gasteiger partial charge in [-0.25, -0.2) is 19.4 Å². The molecule has 5 rings (SSSR count). The fraction of sp³-hybridized carbons (Fsp3) is 0.0870.